The number of hydrogen-bond acceptors (Lipinski definition) is 3. The van der Waals surface area contributed by atoms with E-state index in [9.17, 15) is 13.2 Å². The SMILES string of the molecule is O=C(Nc1cccc(Cl)c1)c1cc(S(=O)(=O)N2CCCC2)ccc1Cl. The van der Waals surface area contributed by atoms with Crippen molar-refractivity contribution in [3.63, 3.8) is 0 Å². The molecule has 1 amide bonds. The average molecular weight is 399 g/mol. The molecule has 1 heterocycles. The van der Waals surface area contributed by atoms with Crippen LogP contribution < -0.4 is 5.32 Å². The Hall–Kier alpha value is -1.60. The monoisotopic (exact) mass is 398 g/mol. The van der Waals surface area contributed by atoms with E-state index in [0.717, 1.165) is 12.8 Å². The minimum atomic E-state index is -3.62. The number of amides is 1. The maximum Gasteiger partial charge on any atom is 0.257 e. The molecule has 0 atom stereocenters. The molecule has 1 saturated heterocycles. The van der Waals surface area contributed by atoms with Gasteiger partial charge < -0.3 is 5.32 Å². The van der Waals surface area contributed by atoms with E-state index in [2.05, 4.69) is 5.32 Å². The highest BCUT2D eigenvalue weighted by Crippen LogP contribution is 2.26. The normalized spacial score (nSPS) is 15.3. The lowest BCUT2D eigenvalue weighted by Crippen LogP contribution is -2.28. The van der Waals surface area contributed by atoms with Crippen LogP contribution in [0.4, 0.5) is 5.69 Å². The molecule has 0 aliphatic carbocycles. The number of anilines is 1. The number of rotatable bonds is 4. The molecule has 1 aliphatic heterocycles. The number of carbonyl (C=O) groups excluding carboxylic acids is 1. The molecule has 8 heteroatoms. The van der Waals surface area contributed by atoms with E-state index in [1.807, 2.05) is 0 Å². The second-order valence-corrected chi connectivity index (χ2v) is 8.50. The van der Waals surface area contributed by atoms with Crippen LogP contribution in [0, 0.1) is 0 Å². The molecule has 2 aromatic rings. The van der Waals surface area contributed by atoms with Gasteiger partial charge in [-0.1, -0.05) is 29.3 Å². The van der Waals surface area contributed by atoms with Gasteiger partial charge in [-0.2, -0.15) is 4.31 Å². The molecule has 0 aromatic heterocycles. The number of halogens is 2. The van der Waals surface area contributed by atoms with Gasteiger partial charge in [0.25, 0.3) is 5.91 Å². The molecule has 0 spiro atoms. The maximum atomic E-state index is 12.7. The van der Waals surface area contributed by atoms with Crippen LogP contribution in [-0.4, -0.2) is 31.7 Å². The molecule has 0 radical (unpaired) electrons. The number of nitrogens with zero attached hydrogens (tertiary/aromatic N) is 1. The summed E-state index contributed by atoms with van der Waals surface area (Å²) in [5.74, 6) is -0.495. The van der Waals surface area contributed by atoms with Crippen molar-refractivity contribution in [2.45, 2.75) is 17.7 Å². The van der Waals surface area contributed by atoms with Crippen LogP contribution in [0.25, 0.3) is 0 Å². The first-order chi connectivity index (χ1) is 11.9. The lowest BCUT2D eigenvalue weighted by atomic mass is 10.2. The molecule has 5 nitrogen and oxygen atoms in total. The van der Waals surface area contributed by atoms with Gasteiger partial charge in [0, 0.05) is 23.8 Å². The van der Waals surface area contributed by atoms with E-state index in [-0.39, 0.29) is 15.5 Å². The highest BCUT2D eigenvalue weighted by molar-refractivity contribution is 7.89. The fourth-order valence-electron chi connectivity index (χ4n) is 2.68. The lowest BCUT2D eigenvalue weighted by Gasteiger charge is -2.16. The van der Waals surface area contributed by atoms with Gasteiger partial charge in [0.1, 0.15) is 0 Å². The van der Waals surface area contributed by atoms with Gasteiger partial charge in [0.15, 0.2) is 0 Å². The van der Waals surface area contributed by atoms with Crippen molar-refractivity contribution in [1.82, 2.24) is 4.31 Å². The van der Waals surface area contributed by atoms with Crippen LogP contribution in [0.5, 0.6) is 0 Å². The fourth-order valence-corrected chi connectivity index (χ4v) is 4.62. The predicted octanol–water partition coefficient (Wildman–Crippen LogP) is 4.03. The first-order valence-electron chi connectivity index (χ1n) is 7.74. The van der Waals surface area contributed by atoms with Gasteiger partial charge in [-0.05, 0) is 49.2 Å². The molecule has 132 valence electrons. The summed E-state index contributed by atoms with van der Waals surface area (Å²) in [7, 11) is -3.62. The molecule has 0 bridgehead atoms. The van der Waals surface area contributed by atoms with E-state index >= 15 is 0 Å². The first-order valence-corrected chi connectivity index (χ1v) is 9.94. The topological polar surface area (TPSA) is 66.5 Å². The summed E-state index contributed by atoms with van der Waals surface area (Å²) in [6.45, 7) is 0.990. The molecular formula is C17H16Cl2N2O3S. The fraction of sp³-hybridized carbons (Fsp3) is 0.235. The van der Waals surface area contributed by atoms with Crippen molar-refractivity contribution in [2.24, 2.45) is 0 Å². The summed E-state index contributed by atoms with van der Waals surface area (Å²) < 4.78 is 26.7. The Morgan fingerprint density at radius 1 is 1.04 bits per heavy atom. The van der Waals surface area contributed by atoms with Gasteiger partial charge in [0.05, 0.1) is 15.5 Å². The minimum Gasteiger partial charge on any atom is -0.322 e. The van der Waals surface area contributed by atoms with Gasteiger partial charge in [-0.15, -0.1) is 0 Å². The average Bonchev–Trinajstić information content (AvgIpc) is 3.10. The molecule has 25 heavy (non-hydrogen) atoms. The van der Waals surface area contributed by atoms with E-state index in [1.54, 1.807) is 24.3 Å². The molecule has 2 aromatic carbocycles. The molecular weight excluding hydrogens is 383 g/mol. The summed E-state index contributed by atoms with van der Waals surface area (Å²) in [5.41, 5.74) is 0.600. The number of benzene rings is 2. The number of carbonyl (C=O) groups is 1. The van der Waals surface area contributed by atoms with Crippen molar-refractivity contribution in [3.05, 3.63) is 58.1 Å². The summed E-state index contributed by atoms with van der Waals surface area (Å²) >= 11 is 12.0. The number of hydrogen-bond donors (Lipinski definition) is 1. The predicted molar refractivity (Wildman–Crippen MR) is 98.9 cm³/mol. The van der Waals surface area contributed by atoms with Gasteiger partial charge >= 0.3 is 0 Å². The Morgan fingerprint density at radius 2 is 1.76 bits per heavy atom. The molecule has 0 unspecified atom stereocenters. The van der Waals surface area contributed by atoms with Gasteiger partial charge in [0.2, 0.25) is 10.0 Å². The third-order valence-electron chi connectivity index (χ3n) is 3.97. The molecule has 1 fully saturated rings. The zero-order chi connectivity index (χ0) is 18.0. The molecule has 0 saturated carbocycles. The second-order valence-electron chi connectivity index (χ2n) is 5.72. The van der Waals surface area contributed by atoms with Crippen LogP contribution in [0.15, 0.2) is 47.4 Å². The molecule has 1 aliphatic rings. The molecule has 3 rings (SSSR count). The Labute approximate surface area is 156 Å². The summed E-state index contributed by atoms with van der Waals surface area (Å²) in [5, 5.41) is 3.33. The highest BCUT2D eigenvalue weighted by atomic mass is 35.5. The second kappa shape index (κ2) is 7.33. The summed E-state index contributed by atoms with van der Waals surface area (Å²) in [6, 6.07) is 10.8. The van der Waals surface area contributed by atoms with Crippen LogP contribution >= 0.6 is 23.2 Å². The van der Waals surface area contributed by atoms with Crippen molar-refractivity contribution >= 4 is 44.8 Å². The molecule has 1 N–H and O–H groups in total. The van der Waals surface area contributed by atoms with Crippen molar-refractivity contribution < 1.29 is 13.2 Å². The Morgan fingerprint density at radius 3 is 2.44 bits per heavy atom. The van der Waals surface area contributed by atoms with Crippen molar-refractivity contribution in [1.29, 1.82) is 0 Å². The first kappa shape index (κ1) is 18.2. The highest BCUT2D eigenvalue weighted by Gasteiger charge is 2.28. The summed E-state index contributed by atoms with van der Waals surface area (Å²) in [4.78, 5) is 12.6. The Kier molecular flexibility index (Phi) is 5.34. The maximum absolute atomic E-state index is 12.7. The van der Waals surface area contributed by atoms with E-state index < -0.39 is 15.9 Å². The van der Waals surface area contributed by atoms with Gasteiger partial charge in [-0.3, -0.25) is 4.79 Å². The number of nitrogens with one attached hydrogen (secondary N) is 1. The van der Waals surface area contributed by atoms with Crippen molar-refractivity contribution in [2.75, 3.05) is 18.4 Å². The largest absolute Gasteiger partial charge is 0.322 e. The summed E-state index contributed by atoms with van der Waals surface area (Å²) in [6.07, 6.45) is 1.68. The third-order valence-corrected chi connectivity index (χ3v) is 6.43. The zero-order valence-electron chi connectivity index (χ0n) is 13.2. The zero-order valence-corrected chi connectivity index (χ0v) is 15.5. The lowest BCUT2D eigenvalue weighted by molar-refractivity contribution is 0.102. The van der Waals surface area contributed by atoms with Crippen LogP contribution in [0.2, 0.25) is 10.0 Å². The third kappa shape index (κ3) is 3.98. The van der Waals surface area contributed by atoms with Crippen LogP contribution in [-0.2, 0) is 10.0 Å². The van der Waals surface area contributed by atoms with Crippen LogP contribution in [0.3, 0.4) is 0 Å². The Balaban J connectivity index is 1.90. The van der Waals surface area contributed by atoms with E-state index in [1.165, 1.54) is 22.5 Å². The minimum absolute atomic E-state index is 0.0649. The Bertz CT molecular complexity index is 910. The van der Waals surface area contributed by atoms with Crippen LogP contribution in [0.1, 0.15) is 23.2 Å². The van der Waals surface area contributed by atoms with E-state index in [4.69, 9.17) is 23.2 Å². The number of sulfonamides is 1. The van der Waals surface area contributed by atoms with Gasteiger partial charge in [-0.25, -0.2) is 8.42 Å². The standard InChI is InChI=1S/C17H16Cl2N2O3S/c18-12-4-3-5-13(10-12)20-17(22)15-11-14(6-7-16(15)19)25(23,24)21-8-1-2-9-21/h3-7,10-11H,1-2,8-9H2,(H,20,22). The quantitative estimate of drug-likeness (QED) is 0.844. The van der Waals surface area contributed by atoms with E-state index in [0.29, 0.717) is 23.8 Å². The smallest absolute Gasteiger partial charge is 0.257 e. The van der Waals surface area contributed by atoms with Crippen molar-refractivity contribution in [3.8, 4) is 0 Å².